The van der Waals surface area contributed by atoms with E-state index in [-0.39, 0.29) is 28.6 Å². The molecule has 0 aliphatic heterocycles. The summed E-state index contributed by atoms with van der Waals surface area (Å²) in [5, 5.41) is 3.76. The second kappa shape index (κ2) is 13.5. The fraction of sp³-hybridized carbons (Fsp3) is 0.312. The van der Waals surface area contributed by atoms with Crippen LogP contribution in [-0.2, 0) is 12.2 Å². The summed E-state index contributed by atoms with van der Waals surface area (Å²) in [7, 11) is 1.57. The molecule has 1 aromatic heterocycles. The summed E-state index contributed by atoms with van der Waals surface area (Å²) in [5.74, 6) is -2.01. The molecule has 5 rings (SSSR count). The maximum atomic E-state index is 15.2. The molecule has 224 valence electrons. The topological polar surface area (TPSA) is 56.1 Å². The lowest BCUT2D eigenvalue weighted by Crippen LogP contribution is -2.26. The fourth-order valence-electron chi connectivity index (χ4n) is 5.35. The van der Waals surface area contributed by atoms with Crippen LogP contribution in [-0.4, -0.2) is 35.8 Å². The zero-order chi connectivity index (χ0) is 30.7. The molecule has 1 N–H and O–H groups in total. The van der Waals surface area contributed by atoms with Gasteiger partial charge in [-0.15, -0.1) is 0 Å². The number of aryl methyl sites for hydroxylation is 1. The molecular formula is C32H32BClF3N3O2S. The van der Waals surface area contributed by atoms with E-state index in [0.717, 1.165) is 54.7 Å². The zero-order valence-corrected chi connectivity index (χ0v) is 25.8. The van der Waals surface area contributed by atoms with Crippen molar-refractivity contribution >= 4 is 36.0 Å². The molecule has 1 amide bonds. The summed E-state index contributed by atoms with van der Waals surface area (Å²) in [5.41, 5.74) is 3.32. The molecule has 0 saturated heterocycles. The lowest BCUT2D eigenvalue weighted by atomic mass is 9.52. The van der Waals surface area contributed by atoms with Crippen molar-refractivity contribution in [2.75, 3.05) is 13.7 Å². The van der Waals surface area contributed by atoms with E-state index in [0.29, 0.717) is 34.9 Å². The van der Waals surface area contributed by atoms with Crippen molar-refractivity contribution in [2.45, 2.75) is 56.1 Å². The van der Waals surface area contributed by atoms with E-state index >= 15 is 8.78 Å². The summed E-state index contributed by atoms with van der Waals surface area (Å²) in [6.07, 6.45) is 3.25. The Balaban J connectivity index is 1.48. The lowest BCUT2D eigenvalue weighted by molar-refractivity contribution is 0.0954. The van der Waals surface area contributed by atoms with E-state index in [9.17, 15) is 9.18 Å². The van der Waals surface area contributed by atoms with Crippen molar-refractivity contribution in [3.63, 3.8) is 0 Å². The number of hydrogen-bond acceptors (Lipinski definition) is 4. The maximum absolute atomic E-state index is 15.2. The van der Waals surface area contributed by atoms with Gasteiger partial charge < -0.3 is 10.1 Å². The van der Waals surface area contributed by atoms with Gasteiger partial charge in [0.2, 0.25) is 0 Å². The number of amides is 1. The van der Waals surface area contributed by atoms with Gasteiger partial charge in [0.1, 0.15) is 29.9 Å². The molecule has 5 nitrogen and oxygen atoms in total. The fourth-order valence-corrected chi connectivity index (χ4v) is 6.60. The Morgan fingerprint density at radius 1 is 1.12 bits per heavy atom. The minimum atomic E-state index is -0.794. The number of rotatable bonds is 10. The molecule has 1 atom stereocenters. The average Bonchev–Trinajstić information content (AvgIpc) is 3.35. The minimum absolute atomic E-state index is 0.0521. The van der Waals surface area contributed by atoms with Crippen molar-refractivity contribution in [1.29, 1.82) is 0 Å². The van der Waals surface area contributed by atoms with Crippen molar-refractivity contribution < 1.29 is 22.7 Å². The summed E-state index contributed by atoms with van der Waals surface area (Å²) < 4.78 is 51.7. The maximum Gasteiger partial charge on any atom is 0.251 e. The number of hydrogen-bond donors (Lipinski definition) is 1. The number of carbonyl (C=O) groups is 1. The Bertz CT molecular complexity index is 1610. The van der Waals surface area contributed by atoms with Gasteiger partial charge >= 0.3 is 0 Å². The molecular weight excluding hydrogens is 594 g/mol. The Labute approximate surface area is 259 Å². The molecule has 0 radical (unpaired) electrons. The van der Waals surface area contributed by atoms with Gasteiger partial charge in [-0.05, 0) is 73.4 Å². The van der Waals surface area contributed by atoms with Crippen LogP contribution in [0.5, 0.6) is 5.75 Å². The lowest BCUT2D eigenvalue weighted by Gasteiger charge is -2.26. The number of nitrogens with zero attached hydrogens (tertiary/aromatic N) is 2. The molecule has 0 bridgehead atoms. The first kappa shape index (κ1) is 31.1. The number of aromatic nitrogens is 2. The molecule has 3 aromatic carbocycles. The molecule has 0 saturated carbocycles. The van der Waals surface area contributed by atoms with Gasteiger partial charge in [0.25, 0.3) is 5.91 Å². The number of thioether (sulfide) groups is 1. The highest BCUT2D eigenvalue weighted by molar-refractivity contribution is 7.98. The van der Waals surface area contributed by atoms with Crippen LogP contribution in [0.4, 0.5) is 13.2 Å². The van der Waals surface area contributed by atoms with Gasteiger partial charge in [-0.1, -0.05) is 49.4 Å². The van der Waals surface area contributed by atoms with Crippen LogP contribution in [0.25, 0.3) is 5.69 Å². The van der Waals surface area contributed by atoms with Gasteiger partial charge in [0.05, 0.1) is 23.5 Å². The first-order valence-corrected chi connectivity index (χ1v) is 15.6. The number of benzene rings is 3. The number of fused-ring (bicyclic) bond motifs is 1. The van der Waals surface area contributed by atoms with E-state index in [1.807, 2.05) is 30.3 Å². The second-order valence-electron chi connectivity index (χ2n) is 11.0. The first-order valence-electron chi connectivity index (χ1n) is 14.3. The molecule has 1 aliphatic rings. The Morgan fingerprint density at radius 2 is 1.84 bits per heavy atom. The number of halogens is 4. The van der Waals surface area contributed by atoms with Crippen LogP contribution in [0.2, 0.25) is 25.0 Å². The van der Waals surface area contributed by atoms with Crippen LogP contribution < -0.4 is 10.1 Å². The molecule has 43 heavy (non-hydrogen) atoms. The highest BCUT2D eigenvalue weighted by Crippen LogP contribution is 2.42. The van der Waals surface area contributed by atoms with Crippen LogP contribution >= 0.6 is 23.4 Å². The normalized spacial score (nSPS) is 14.3. The Kier molecular flexibility index (Phi) is 9.77. The molecule has 4 aromatic rings. The van der Waals surface area contributed by atoms with Crippen molar-refractivity contribution in [3.05, 3.63) is 105 Å². The number of nitrogens with one attached hydrogen (secondary N) is 1. The predicted molar refractivity (Wildman–Crippen MR) is 167 cm³/mol. The van der Waals surface area contributed by atoms with Gasteiger partial charge in [-0.3, -0.25) is 9.36 Å². The van der Waals surface area contributed by atoms with Crippen LogP contribution in [0.15, 0.2) is 59.8 Å². The number of imidazole rings is 1. The van der Waals surface area contributed by atoms with E-state index in [1.54, 1.807) is 25.3 Å². The molecule has 0 fully saturated rings. The standard InChI is InChI=1S/C32H32BClF3N3O2S/c1-33(2)13-14-38-31(41)20-15-26(36)24(27(37)16-20)18-43-32-39-28-6-4-5-23(19-7-12-25(34)29(17-19)42-3)30(28)40(32)22-10-8-21(35)9-11-22/h7-12,15-17,23H,4-6,13-14,18H2,1-3H3,(H,38,41). The third-order valence-electron chi connectivity index (χ3n) is 7.61. The van der Waals surface area contributed by atoms with Crippen molar-refractivity contribution in [3.8, 4) is 11.4 Å². The molecule has 1 unspecified atom stereocenters. The van der Waals surface area contributed by atoms with Gasteiger partial charge in [-0.25, -0.2) is 18.2 Å². The van der Waals surface area contributed by atoms with Gasteiger partial charge in [0.15, 0.2) is 5.16 Å². The van der Waals surface area contributed by atoms with Crippen LogP contribution in [0.1, 0.15) is 51.6 Å². The van der Waals surface area contributed by atoms with E-state index in [1.165, 1.54) is 23.9 Å². The Hall–Kier alpha value is -3.37. The highest BCUT2D eigenvalue weighted by Gasteiger charge is 2.31. The average molecular weight is 626 g/mol. The molecule has 0 spiro atoms. The minimum Gasteiger partial charge on any atom is -0.495 e. The second-order valence-corrected chi connectivity index (χ2v) is 12.4. The summed E-state index contributed by atoms with van der Waals surface area (Å²) in [6.45, 7) is 4.89. The van der Waals surface area contributed by atoms with Crippen LogP contribution in [0, 0.1) is 17.5 Å². The summed E-state index contributed by atoms with van der Waals surface area (Å²) >= 11 is 7.49. The molecule has 1 heterocycles. The summed E-state index contributed by atoms with van der Waals surface area (Å²) in [4.78, 5) is 17.4. The monoisotopic (exact) mass is 625 g/mol. The third kappa shape index (κ3) is 6.91. The quantitative estimate of drug-likeness (QED) is 0.143. The van der Waals surface area contributed by atoms with E-state index in [2.05, 4.69) is 5.32 Å². The first-order chi connectivity index (χ1) is 20.7. The van der Waals surface area contributed by atoms with Gasteiger partial charge in [0, 0.05) is 35.0 Å². The van der Waals surface area contributed by atoms with E-state index < -0.39 is 17.5 Å². The Morgan fingerprint density at radius 3 is 2.51 bits per heavy atom. The zero-order valence-electron chi connectivity index (χ0n) is 24.2. The van der Waals surface area contributed by atoms with E-state index in [4.69, 9.17) is 21.3 Å². The van der Waals surface area contributed by atoms with Crippen molar-refractivity contribution in [1.82, 2.24) is 14.9 Å². The SMILES string of the molecule is COc1cc(C2CCCc3nc(SCc4c(F)cc(C(=O)NCCB(C)C)cc4F)n(-c4ccc(F)cc4)c32)ccc1Cl. The predicted octanol–water partition coefficient (Wildman–Crippen LogP) is 8.20. The highest BCUT2D eigenvalue weighted by atomic mass is 35.5. The largest absolute Gasteiger partial charge is 0.495 e. The molecule has 1 aliphatic carbocycles. The smallest absolute Gasteiger partial charge is 0.251 e. The third-order valence-corrected chi connectivity index (χ3v) is 8.89. The molecule has 11 heteroatoms. The van der Waals surface area contributed by atoms with Crippen LogP contribution in [0.3, 0.4) is 0 Å². The summed E-state index contributed by atoms with van der Waals surface area (Å²) in [6, 6.07) is 13.9. The number of methoxy groups -OCH3 is 1. The number of ether oxygens (including phenoxy) is 1. The van der Waals surface area contributed by atoms with Gasteiger partial charge in [-0.2, -0.15) is 0 Å². The number of carbonyl (C=O) groups excluding carboxylic acids is 1. The van der Waals surface area contributed by atoms with Crippen molar-refractivity contribution in [2.24, 2.45) is 0 Å².